The molecule has 0 saturated heterocycles. The van der Waals surface area contributed by atoms with Crippen LogP contribution in [0.3, 0.4) is 0 Å². The van der Waals surface area contributed by atoms with E-state index in [-0.39, 0.29) is 11.8 Å². The third-order valence-electron chi connectivity index (χ3n) is 4.61. The zero-order chi connectivity index (χ0) is 21.6. The molecule has 0 bridgehead atoms. The van der Waals surface area contributed by atoms with Gasteiger partial charge in [-0.2, -0.15) is 5.10 Å². The second-order valence-electron chi connectivity index (χ2n) is 7.64. The second kappa shape index (κ2) is 9.80. The molecule has 2 aromatic heterocycles. The molecule has 0 atom stereocenters. The summed E-state index contributed by atoms with van der Waals surface area (Å²) >= 11 is 1.46. The molecule has 0 unspecified atom stereocenters. The number of hydrogen-bond acceptors (Lipinski definition) is 8. The Bertz CT molecular complexity index is 1000. The molecule has 1 fully saturated rings. The summed E-state index contributed by atoms with van der Waals surface area (Å²) in [7, 11) is 4.07. The van der Waals surface area contributed by atoms with Crippen LogP contribution in [0.5, 0.6) is 0 Å². The van der Waals surface area contributed by atoms with Gasteiger partial charge in [0.05, 0.1) is 6.20 Å². The minimum absolute atomic E-state index is 0.106. The quantitative estimate of drug-likeness (QED) is 0.357. The van der Waals surface area contributed by atoms with E-state index < -0.39 is 0 Å². The molecule has 0 aliphatic heterocycles. The van der Waals surface area contributed by atoms with Gasteiger partial charge in [-0.3, -0.25) is 9.89 Å². The minimum Gasteiger partial charge on any atom is -0.369 e. The van der Waals surface area contributed by atoms with Crippen LogP contribution in [-0.4, -0.2) is 58.2 Å². The van der Waals surface area contributed by atoms with Gasteiger partial charge in [0.2, 0.25) is 5.91 Å². The highest BCUT2D eigenvalue weighted by atomic mass is 32.2. The van der Waals surface area contributed by atoms with Gasteiger partial charge in [0, 0.05) is 41.7 Å². The van der Waals surface area contributed by atoms with Gasteiger partial charge in [0.25, 0.3) is 0 Å². The summed E-state index contributed by atoms with van der Waals surface area (Å²) < 4.78 is 0. The highest BCUT2D eigenvalue weighted by Gasteiger charge is 2.29. The van der Waals surface area contributed by atoms with E-state index >= 15 is 0 Å². The fourth-order valence-electron chi connectivity index (χ4n) is 2.80. The van der Waals surface area contributed by atoms with E-state index in [0.717, 1.165) is 48.1 Å². The molecule has 1 saturated carbocycles. The molecule has 1 amide bonds. The Hall–Kier alpha value is -3.11. The van der Waals surface area contributed by atoms with E-state index in [2.05, 4.69) is 41.0 Å². The predicted molar refractivity (Wildman–Crippen MR) is 123 cm³/mol. The molecule has 0 spiro atoms. The lowest BCUT2D eigenvalue weighted by Crippen LogP contribution is -2.21. The summed E-state index contributed by atoms with van der Waals surface area (Å²) in [5, 5.41) is 17.0. The molecule has 10 heteroatoms. The molecule has 1 aliphatic carbocycles. The Labute approximate surface area is 185 Å². The maximum atomic E-state index is 11.9. The van der Waals surface area contributed by atoms with E-state index in [9.17, 15) is 4.79 Å². The Kier molecular flexibility index (Phi) is 6.68. The molecule has 1 aliphatic rings. The van der Waals surface area contributed by atoms with Gasteiger partial charge in [0.1, 0.15) is 17.5 Å². The van der Waals surface area contributed by atoms with Crippen LogP contribution in [-0.2, 0) is 4.79 Å². The zero-order valence-electron chi connectivity index (χ0n) is 17.6. The first-order valence-corrected chi connectivity index (χ1v) is 11.0. The van der Waals surface area contributed by atoms with Crippen molar-refractivity contribution in [2.45, 2.75) is 22.9 Å². The summed E-state index contributed by atoms with van der Waals surface area (Å²) in [6.07, 6.45) is 3.66. The lowest BCUT2D eigenvalue weighted by atomic mass is 10.3. The van der Waals surface area contributed by atoms with Gasteiger partial charge in [0.15, 0.2) is 5.16 Å². The average Bonchev–Trinajstić information content (AvgIpc) is 3.47. The maximum Gasteiger partial charge on any atom is 0.227 e. The number of carbonyl (C=O) groups excluding carboxylic acids is 1. The van der Waals surface area contributed by atoms with E-state index in [1.165, 1.54) is 11.8 Å². The number of aromatic nitrogens is 4. The van der Waals surface area contributed by atoms with Crippen molar-refractivity contribution in [3.63, 3.8) is 0 Å². The van der Waals surface area contributed by atoms with E-state index in [1.54, 1.807) is 6.20 Å². The first-order valence-electron chi connectivity index (χ1n) is 10.2. The predicted octanol–water partition coefficient (Wildman–Crippen LogP) is 3.42. The molecule has 0 radical (unpaired) electrons. The fourth-order valence-corrected chi connectivity index (χ4v) is 3.57. The Balaban J connectivity index is 1.46. The Morgan fingerprint density at radius 3 is 2.61 bits per heavy atom. The number of aromatic amines is 1. The highest BCUT2D eigenvalue weighted by Crippen LogP contribution is 2.31. The fraction of sp³-hybridized carbons (Fsp3) is 0.333. The van der Waals surface area contributed by atoms with Crippen LogP contribution in [0.25, 0.3) is 0 Å². The third-order valence-corrected chi connectivity index (χ3v) is 5.49. The van der Waals surface area contributed by atoms with Crippen molar-refractivity contribution < 1.29 is 4.79 Å². The van der Waals surface area contributed by atoms with Crippen LogP contribution in [0.2, 0.25) is 0 Å². The van der Waals surface area contributed by atoms with Crippen LogP contribution in [0.1, 0.15) is 12.8 Å². The van der Waals surface area contributed by atoms with Crippen LogP contribution in [0.4, 0.5) is 23.1 Å². The number of likely N-dealkylation sites (N-methyl/N-ethyl adjacent to an activating group) is 1. The topological polar surface area (TPSA) is 111 Å². The highest BCUT2D eigenvalue weighted by molar-refractivity contribution is 7.99. The number of nitrogens with zero attached hydrogens (tertiary/aromatic N) is 4. The van der Waals surface area contributed by atoms with Crippen LogP contribution < -0.4 is 16.0 Å². The molecule has 1 aromatic carbocycles. The minimum atomic E-state index is 0.106. The summed E-state index contributed by atoms with van der Waals surface area (Å²) in [5.41, 5.74) is 0.808. The molecule has 4 rings (SSSR count). The van der Waals surface area contributed by atoms with Crippen molar-refractivity contribution in [2.75, 3.05) is 43.1 Å². The Morgan fingerprint density at radius 1 is 1.16 bits per heavy atom. The summed E-state index contributed by atoms with van der Waals surface area (Å²) in [5.74, 6) is 2.46. The van der Waals surface area contributed by atoms with Crippen LogP contribution >= 0.6 is 11.8 Å². The number of amides is 1. The summed E-state index contributed by atoms with van der Waals surface area (Å²) in [4.78, 5) is 24.3. The smallest absolute Gasteiger partial charge is 0.227 e. The molecule has 31 heavy (non-hydrogen) atoms. The number of hydrogen-bond donors (Lipinski definition) is 4. The molecule has 9 nitrogen and oxygen atoms in total. The average molecular weight is 439 g/mol. The van der Waals surface area contributed by atoms with Crippen molar-refractivity contribution in [1.29, 1.82) is 0 Å². The monoisotopic (exact) mass is 438 g/mol. The van der Waals surface area contributed by atoms with Gasteiger partial charge in [-0.25, -0.2) is 9.97 Å². The molecule has 162 valence electrons. The van der Waals surface area contributed by atoms with Crippen LogP contribution in [0, 0.1) is 5.92 Å². The first kappa shape index (κ1) is 21.1. The maximum absolute atomic E-state index is 11.9. The van der Waals surface area contributed by atoms with Gasteiger partial charge >= 0.3 is 0 Å². The van der Waals surface area contributed by atoms with E-state index in [4.69, 9.17) is 0 Å². The standard InChI is InChI=1S/C21H26N8OS/c1-29(2)12-11-22-18-13-19(25-17-9-10-23-28-17)27-21(26-18)31-16-7-5-15(6-8-16)24-20(30)14-3-4-14/h5-10,13-14H,3-4,11-12H2,1-2H3,(H,24,30)(H3,22,23,25,26,27,28). The van der Waals surface area contributed by atoms with Crippen molar-refractivity contribution >= 4 is 40.8 Å². The molecular formula is C21H26N8OS. The van der Waals surface area contributed by atoms with Crippen molar-refractivity contribution in [1.82, 2.24) is 25.1 Å². The number of H-pyrrole nitrogens is 1. The summed E-state index contributed by atoms with van der Waals surface area (Å²) in [6.45, 7) is 1.66. The van der Waals surface area contributed by atoms with E-state index in [0.29, 0.717) is 11.0 Å². The van der Waals surface area contributed by atoms with Crippen molar-refractivity contribution in [2.24, 2.45) is 5.92 Å². The Morgan fingerprint density at radius 2 is 1.94 bits per heavy atom. The van der Waals surface area contributed by atoms with E-state index in [1.807, 2.05) is 50.5 Å². The summed E-state index contributed by atoms with van der Waals surface area (Å²) in [6, 6.07) is 11.5. The zero-order valence-corrected chi connectivity index (χ0v) is 18.4. The number of benzene rings is 1. The van der Waals surface area contributed by atoms with Gasteiger partial charge in [-0.1, -0.05) is 0 Å². The number of rotatable bonds is 10. The SMILES string of the molecule is CN(C)CCNc1cc(Nc2ccn[nH]2)nc(Sc2ccc(NC(=O)C3CC3)cc2)n1. The number of anilines is 4. The number of carbonyl (C=O) groups is 1. The second-order valence-corrected chi connectivity index (χ2v) is 8.68. The lowest BCUT2D eigenvalue weighted by Gasteiger charge is -2.13. The van der Waals surface area contributed by atoms with Crippen molar-refractivity contribution in [3.05, 3.63) is 42.6 Å². The molecular weight excluding hydrogens is 412 g/mol. The van der Waals surface area contributed by atoms with Gasteiger partial charge < -0.3 is 20.9 Å². The molecule has 3 aromatic rings. The number of nitrogens with one attached hydrogen (secondary N) is 4. The first-order chi connectivity index (χ1) is 15.0. The van der Waals surface area contributed by atoms with Crippen molar-refractivity contribution in [3.8, 4) is 0 Å². The van der Waals surface area contributed by atoms with Gasteiger partial charge in [-0.15, -0.1) is 0 Å². The lowest BCUT2D eigenvalue weighted by molar-refractivity contribution is -0.117. The largest absolute Gasteiger partial charge is 0.369 e. The normalized spacial score (nSPS) is 13.3. The van der Waals surface area contributed by atoms with Gasteiger partial charge in [-0.05, 0) is 63.0 Å². The van der Waals surface area contributed by atoms with Crippen LogP contribution in [0.15, 0.2) is 52.6 Å². The molecule has 2 heterocycles. The molecule has 4 N–H and O–H groups in total. The third kappa shape index (κ3) is 6.43.